The molecule has 0 saturated carbocycles. The number of hydrogen-bond donors (Lipinski definition) is 3. The summed E-state index contributed by atoms with van der Waals surface area (Å²) in [5, 5.41) is 5.82. The minimum atomic E-state index is -0.924. The molecule has 0 aromatic heterocycles. The van der Waals surface area contributed by atoms with Crippen LogP contribution >= 0.6 is 0 Å². The quantitative estimate of drug-likeness (QED) is 0.301. The van der Waals surface area contributed by atoms with E-state index < -0.39 is 17.8 Å². The number of anilines is 1. The predicted octanol–water partition coefficient (Wildman–Crippen LogP) is 3.74. The van der Waals surface area contributed by atoms with Crippen molar-refractivity contribution in [3.8, 4) is 0 Å². The number of para-hydroxylation sites is 2. The Labute approximate surface area is 140 Å². The first-order valence-electron chi connectivity index (χ1n) is 7.35. The predicted molar refractivity (Wildman–Crippen MR) is 86.2 cm³/mol. The van der Waals surface area contributed by atoms with E-state index in [4.69, 9.17) is 19.8 Å². The summed E-state index contributed by atoms with van der Waals surface area (Å²) >= 11 is 0. The largest absolute Gasteiger partial charge is 0.533 e. The van der Waals surface area contributed by atoms with Crippen LogP contribution in [0.15, 0.2) is 29.4 Å². The normalized spacial score (nSPS) is 10.5. The molecule has 3 N–H and O–H groups in total. The van der Waals surface area contributed by atoms with Crippen molar-refractivity contribution < 1.29 is 23.9 Å². The number of hydrogen-bond acceptors (Lipinski definition) is 8. The molecule has 0 bridgehead atoms. The van der Waals surface area contributed by atoms with Gasteiger partial charge >= 0.3 is 12.2 Å². The van der Waals surface area contributed by atoms with Crippen molar-refractivity contribution in [1.29, 1.82) is 5.53 Å². The third-order valence-corrected chi connectivity index (χ3v) is 2.48. The minimum absolute atomic E-state index is 0.0702. The van der Waals surface area contributed by atoms with Crippen LogP contribution in [0.5, 0.6) is 0 Å². The highest BCUT2D eigenvalue weighted by Crippen LogP contribution is 2.23. The van der Waals surface area contributed by atoms with Crippen molar-refractivity contribution >= 4 is 23.6 Å². The van der Waals surface area contributed by atoms with Crippen LogP contribution in [0, 0.1) is 5.53 Å². The Bertz CT molecular complexity index is 571. The lowest BCUT2D eigenvalue weighted by molar-refractivity contribution is 0.0517. The van der Waals surface area contributed by atoms with Gasteiger partial charge in [0.1, 0.15) is 11.3 Å². The summed E-state index contributed by atoms with van der Waals surface area (Å²) in [6.07, 6.45) is -1.04. The van der Waals surface area contributed by atoms with E-state index in [9.17, 15) is 9.59 Å². The zero-order valence-electron chi connectivity index (χ0n) is 13.9. The number of nitrogens with one attached hydrogen (secondary N) is 3. The zero-order valence-corrected chi connectivity index (χ0v) is 13.9. The van der Waals surface area contributed by atoms with E-state index >= 15 is 0 Å². The van der Waals surface area contributed by atoms with Gasteiger partial charge in [-0.25, -0.2) is 20.6 Å². The van der Waals surface area contributed by atoms with E-state index in [0.717, 1.165) is 0 Å². The van der Waals surface area contributed by atoms with E-state index in [-0.39, 0.29) is 6.61 Å². The molecule has 132 valence electrons. The van der Waals surface area contributed by atoms with Crippen LogP contribution in [0.2, 0.25) is 0 Å². The molecule has 24 heavy (non-hydrogen) atoms. The standard InChI is InChI=1S/C15H22N4O5/c1-15(2,3)23-13(20)17-9-6-10-22-14(21)24-19-12-8-5-4-7-11(12)18-16/h4-5,7-8,16,19H,6,9-10H2,1-3H3,(H,17,20). The van der Waals surface area contributed by atoms with Crippen molar-refractivity contribution in [3.63, 3.8) is 0 Å². The fraction of sp³-hybridized carbons (Fsp3) is 0.467. The molecule has 1 rings (SSSR count). The smallest absolute Gasteiger partial charge is 0.444 e. The Morgan fingerprint density at radius 1 is 1.25 bits per heavy atom. The molecule has 0 spiro atoms. The molecule has 0 aliphatic carbocycles. The first-order chi connectivity index (χ1) is 11.3. The van der Waals surface area contributed by atoms with Gasteiger partial charge in [-0.2, -0.15) is 5.11 Å². The van der Waals surface area contributed by atoms with Gasteiger partial charge in [0.25, 0.3) is 0 Å². The van der Waals surface area contributed by atoms with Crippen molar-refractivity contribution in [3.05, 3.63) is 24.3 Å². The van der Waals surface area contributed by atoms with Crippen LogP contribution < -0.4 is 10.8 Å². The molecular formula is C15H22N4O5. The molecule has 0 fully saturated rings. The summed E-state index contributed by atoms with van der Waals surface area (Å²) in [6, 6.07) is 6.60. The number of ether oxygens (including phenoxy) is 2. The monoisotopic (exact) mass is 338 g/mol. The Morgan fingerprint density at radius 2 is 1.96 bits per heavy atom. The van der Waals surface area contributed by atoms with Gasteiger partial charge < -0.3 is 19.6 Å². The lowest BCUT2D eigenvalue weighted by Gasteiger charge is -2.19. The van der Waals surface area contributed by atoms with Gasteiger partial charge in [0.05, 0.1) is 12.3 Å². The lowest BCUT2D eigenvalue weighted by atomic mass is 10.2. The molecule has 0 aliphatic heterocycles. The highest BCUT2D eigenvalue weighted by molar-refractivity contribution is 5.68. The second-order valence-corrected chi connectivity index (χ2v) is 5.71. The highest BCUT2D eigenvalue weighted by atomic mass is 16.8. The van der Waals surface area contributed by atoms with Gasteiger partial charge in [-0.3, -0.25) is 0 Å². The van der Waals surface area contributed by atoms with E-state index in [0.29, 0.717) is 24.3 Å². The highest BCUT2D eigenvalue weighted by Gasteiger charge is 2.15. The minimum Gasteiger partial charge on any atom is -0.444 e. The van der Waals surface area contributed by atoms with Crippen LogP contribution in [0.1, 0.15) is 27.2 Å². The Hall–Kier alpha value is -2.84. The lowest BCUT2D eigenvalue weighted by Crippen LogP contribution is -2.33. The molecule has 0 aliphatic rings. The number of benzene rings is 1. The number of carbonyl (C=O) groups is 2. The molecule has 0 unspecified atom stereocenters. The first-order valence-corrected chi connectivity index (χ1v) is 7.35. The molecule has 0 heterocycles. The van der Waals surface area contributed by atoms with Crippen molar-refractivity contribution in [2.45, 2.75) is 32.8 Å². The summed E-state index contributed by atoms with van der Waals surface area (Å²) in [5.74, 6) is 0. The van der Waals surface area contributed by atoms with E-state index in [1.165, 1.54) is 0 Å². The maximum atomic E-state index is 11.4. The number of alkyl carbamates (subject to hydrolysis) is 1. The van der Waals surface area contributed by atoms with Crippen LogP contribution in [0.3, 0.4) is 0 Å². The van der Waals surface area contributed by atoms with Crippen molar-refractivity contribution in [2.24, 2.45) is 5.11 Å². The second kappa shape index (κ2) is 9.33. The SMILES string of the molecule is CC(C)(C)OC(=O)NCCCOC(=O)ONc1ccccc1N=N. The van der Waals surface area contributed by atoms with Crippen molar-refractivity contribution in [2.75, 3.05) is 18.6 Å². The molecule has 9 nitrogen and oxygen atoms in total. The maximum absolute atomic E-state index is 11.4. The molecular weight excluding hydrogens is 316 g/mol. The Kier molecular flexibility index (Phi) is 7.47. The summed E-state index contributed by atoms with van der Waals surface area (Å²) in [6.45, 7) is 5.68. The fourth-order valence-corrected chi connectivity index (χ4v) is 1.52. The van der Waals surface area contributed by atoms with E-state index in [1.807, 2.05) is 0 Å². The van der Waals surface area contributed by atoms with Gasteiger partial charge in [0.15, 0.2) is 0 Å². The van der Waals surface area contributed by atoms with Crippen LogP contribution in [0.25, 0.3) is 0 Å². The molecule has 0 atom stereocenters. The summed E-state index contributed by atoms with van der Waals surface area (Å²) in [7, 11) is 0. The third kappa shape index (κ3) is 7.97. The second-order valence-electron chi connectivity index (χ2n) is 5.71. The van der Waals surface area contributed by atoms with Crippen LogP contribution in [-0.2, 0) is 14.3 Å². The van der Waals surface area contributed by atoms with Crippen molar-refractivity contribution in [1.82, 2.24) is 5.32 Å². The third-order valence-electron chi connectivity index (χ3n) is 2.48. The summed E-state index contributed by atoms with van der Waals surface area (Å²) in [4.78, 5) is 27.5. The number of rotatable bonds is 7. The topological polar surface area (TPSA) is 122 Å². The Balaban J connectivity index is 2.16. The number of carbonyl (C=O) groups excluding carboxylic acids is 2. The zero-order chi connectivity index (χ0) is 18.0. The Morgan fingerprint density at radius 3 is 2.62 bits per heavy atom. The van der Waals surface area contributed by atoms with Gasteiger partial charge in [0, 0.05) is 6.54 Å². The molecule has 0 saturated heterocycles. The molecule has 9 heteroatoms. The van der Waals surface area contributed by atoms with E-state index in [2.05, 4.69) is 15.9 Å². The fourth-order valence-electron chi connectivity index (χ4n) is 1.52. The maximum Gasteiger partial charge on any atom is 0.533 e. The first kappa shape index (κ1) is 19.2. The van der Waals surface area contributed by atoms with Gasteiger partial charge in [-0.05, 0) is 39.3 Å². The molecule has 1 aromatic carbocycles. The van der Waals surface area contributed by atoms with Gasteiger partial charge in [-0.15, -0.1) is 0 Å². The number of nitrogens with zero attached hydrogens (tertiary/aromatic N) is 1. The summed E-state index contributed by atoms with van der Waals surface area (Å²) < 4.78 is 9.88. The average molecular weight is 338 g/mol. The molecule has 0 radical (unpaired) electrons. The average Bonchev–Trinajstić information content (AvgIpc) is 2.51. The summed E-state index contributed by atoms with van der Waals surface area (Å²) in [5.41, 5.74) is 9.49. The molecule has 1 amide bonds. The van der Waals surface area contributed by atoms with E-state index in [1.54, 1.807) is 45.0 Å². The van der Waals surface area contributed by atoms with Crippen LogP contribution in [-0.4, -0.2) is 31.0 Å². The molecule has 1 aromatic rings. The van der Waals surface area contributed by atoms with Gasteiger partial charge in [0.2, 0.25) is 0 Å². The number of amides is 1. The van der Waals surface area contributed by atoms with Gasteiger partial charge in [-0.1, -0.05) is 12.1 Å². The van der Waals surface area contributed by atoms with Crippen LogP contribution in [0.4, 0.5) is 21.0 Å².